The van der Waals surface area contributed by atoms with Gasteiger partial charge in [-0.1, -0.05) is 6.07 Å². The Hall–Kier alpha value is -3.16. The maximum atomic E-state index is 13.2. The molecule has 8 nitrogen and oxygen atoms in total. The lowest BCUT2D eigenvalue weighted by atomic mass is 9.98. The second-order valence-electron chi connectivity index (χ2n) is 8.75. The molecule has 2 N–H and O–H groups in total. The summed E-state index contributed by atoms with van der Waals surface area (Å²) in [5.41, 5.74) is 3.02. The van der Waals surface area contributed by atoms with Crippen LogP contribution in [-0.4, -0.2) is 51.5 Å². The molecule has 176 valence electrons. The van der Waals surface area contributed by atoms with E-state index in [0.29, 0.717) is 24.5 Å². The average Bonchev–Trinajstić information content (AvgIpc) is 3.17. The SMILES string of the molecule is CCOc1cncc(C(CC(=O)O)N2CCC(CCCc3ccc4c(n3)NCCC4)C2=O)c1. The Morgan fingerprint density at radius 1 is 1.36 bits per heavy atom. The van der Waals surface area contributed by atoms with Crippen LogP contribution in [0, 0.1) is 5.92 Å². The number of nitrogens with one attached hydrogen (secondary N) is 1. The molecule has 0 aromatic carbocycles. The van der Waals surface area contributed by atoms with E-state index in [2.05, 4.69) is 22.4 Å². The fraction of sp³-hybridized carbons (Fsp3) is 0.520. The first-order valence-corrected chi connectivity index (χ1v) is 11.9. The van der Waals surface area contributed by atoms with E-state index in [-0.39, 0.29) is 18.2 Å². The standard InChI is InChI=1S/C25H32N4O4/c1-2-33-21-13-19(15-26-16-21)22(14-23(30)31)29-12-10-18(25(29)32)5-3-7-20-9-8-17-6-4-11-27-24(17)28-20/h8-9,13,15-16,18,22H,2-7,10-12,14H2,1H3,(H,27,28)(H,30,31). The first kappa shape index (κ1) is 23.0. The second kappa shape index (κ2) is 10.6. The third-order valence-corrected chi connectivity index (χ3v) is 6.46. The third-order valence-electron chi connectivity index (χ3n) is 6.46. The number of carbonyl (C=O) groups is 2. The molecule has 1 fully saturated rings. The number of carboxylic acid groups (broad SMARTS) is 1. The Labute approximate surface area is 194 Å². The van der Waals surface area contributed by atoms with Gasteiger partial charge in [0.15, 0.2) is 0 Å². The minimum Gasteiger partial charge on any atom is -0.492 e. The van der Waals surface area contributed by atoms with Gasteiger partial charge in [0.2, 0.25) is 5.91 Å². The van der Waals surface area contributed by atoms with Crippen molar-refractivity contribution >= 4 is 17.7 Å². The maximum absolute atomic E-state index is 13.2. The molecule has 2 unspecified atom stereocenters. The molecule has 0 aliphatic carbocycles. The summed E-state index contributed by atoms with van der Waals surface area (Å²) in [5, 5.41) is 12.8. The Morgan fingerprint density at radius 2 is 2.24 bits per heavy atom. The van der Waals surface area contributed by atoms with Gasteiger partial charge < -0.3 is 20.1 Å². The molecule has 4 heterocycles. The highest BCUT2D eigenvalue weighted by Gasteiger charge is 2.37. The minimum absolute atomic E-state index is 0.0307. The van der Waals surface area contributed by atoms with Crippen LogP contribution in [0.5, 0.6) is 5.75 Å². The number of carboxylic acids is 1. The summed E-state index contributed by atoms with van der Waals surface area (Å²) in [7, 11) is 0. The smallest absolute Gasteiger partial charge is 0.305 e. The first-order chi connectivity index (χ1) is 16.0. The van der Waals surface area contributed by atoms with Gasteiger partial charge in [0.05, 0.1) is 25.3 Å². The van der Waals surface area contributed by atoms with Gasteiger partial charge in [0, 0.05) is 30.9 Å². The quantitative estimate of drug-likeness (QED) is 0.567. The third kappa shape index (κ3) is 5.61. The number of hydrogen-bond donors (Lipinski definition) is 2. The zero-order valence-electron chi connectivity index (χ0n) is 19.1. The van der Waals surface area contributed by atoms with Crippen LogP contribution in [0.25, 0.3) is 0 Å². The fourth-order valence-electron chi connectivity index (χ4n) is 4.81. The zero-order valence-corrected chi connectivity index (χ0v) is 19.1. The number of nitrogens with zero attached hydrogens (tertiary/aromatic N) is 3. The van der Waals surface area contributed by atoms with E-state index in [4.69, 9.17) is 9.72 Å². The van der Waals surface area contributed by atoms with E-state index in [1.807, 2.05) is 6.92 Å². The molecule has 2 aromatic heterocycles. The Kier molecular flexibility index (Phi) is 7.42. The molecule has 2 aromatic rings. The molecule has 0 bridgehead atoms. The molecule has 1 amide bonds. The van der Waals surface area contributed by atoms with Crippen molar-refractivity contribution in [1.82, 2.24) is 14.9 Å². The number of aliphatic carboxylic acids is 1. The highest BCUT2D eigenvalue weighted by molar-refractivity contribution is 5.82. The summed E-state index contributed by atoms with van der Waals surface area (Å²) < 4.78 is 5.52. The van der Waals surface area contributed by atoms with E-state index in [1.54, 1.807) is 23.4 Å². The van der Waals surface area contributed by atoms with Crippen LogP contribution in [0.1, 0.15) is 61.9 Å². The van der Waals surface area contributed by atoms with Crippen molar-refractivity contribution < 1.29 is 19.4 Å². The Balaban J connectivity index is 1.38. The van der Waals surface area contributed by atoms with Crippen molar-refractivity contribution in [3.63, 3.8) is 0 Å². The lowest BCUT2D eigenvalue weighted by molar-refractivity contribution is -0.140. The zero-order chi connectivity index (χ0) is 23.2. The number of fused-ring (bicyclic) bond motifs is 1. The van der Waals surface area contributed by atoms with Crippen molar-refractivity contribution in [2.45, 2.75) is 57.9 Å². The summed E-state index contributed by atoms with van der Waals surface area (Å²) in [6, 6.07) is 5.50. The molecule has 2 aliphatic heterocycles. The van der Waals surface area contributed by atoms with Crippen molar-refractivity contribution in [2.75, 3.05) is 25.0 Å². The van der Waals surface area contributed by atoms with Crippen LogP contribution >= 0.6 is 0 Å². The number of amides is 1. The van der Waals surface area contributed by atoms with Gasteiger partial charge in [-0.15, -0.1) is 0 Å². The number of pyridine rings is 2. The van der Waals surface area contributed by atoms with Crippen LogP contribution in [0.15, 0.2) is 30.6 Å². The Bertz CT molecular complexity index is 996. The number of hydrogen-bond acceptors (Lipinski definition) is 6. The molecule has 4 rings (SSSR count). The molecule has 2 atom stereocenters. The monoisotopic (exact) mass is 452 g/mol. The number of rotatable bonds is 10. The molecule has 2 aliphatic rings. The second-order valence-corrected chi connectivity index (χ2v) is 8.75. The summed E-state index contributed by atoms with van der Waals surface area (Å²) in [6.07, 6.45) is 8.52. The minimum atomic E-state index is -0.940. The summed E-state index contributed by atoms with van der Waals surface area (Å²) in [6.45, 7) is 3.90. The first-order valence-electron chi connectivity index (χ1n) is 11.9. The van der Waals surface area contributed by atoms with Crippen LogP contribution < -0.4 is 10.1 Å². The highest BCUT2D eigenvalue weighted by atomic mass is 16.5. The van der Waals surface area contributed by atoms with Crippen molar-refractivity contribution in [1.29, 1.82) is 0 Å². The van der Waals surface area contributed by atoms with Crippen LogP contribution in [0.3, 0.4) is 0 Å². The van der Waals surface area contributed by atoms with Crippen molar-refractivity contribution in [2.24, 2.45) is 5.92 Å². The van der Waals surface area contributed by atoms with Gasteiger partial charge in [-0.2, -0.15) is 0 Å². The van der Waals surface area contributed by atoms with E-state index in [0.717, 1.165) is 56.6 Å². The van der Waals surface area contributed by atoms with Crippen molar-refractivity contribution in [3.8, 4) is 5.75 Å². The van der Waals surface area contributed by atoms with E-state index >= 15 is 0 Å². The van der Waals surface area contributed by atoms with Crippen molar-refractivity contribution in [3.05, 3.63) is 47.4 Å². The molecule has 33 heavy (non-hydrogen) atoms. The molecule has 0 spiro atoms. The Morgan fingerprint density at radius 3 is 3.06 bits per heavy atom. The van der Waals surface area contributed by atoms with E-state index < -0.39 is 12.0 Å². The van der Waals surface area contributed by atoms with Gasteiger partial charge >= 0.3 is 5.97 Å². The van der Waals surface area contributed by atoms with Gasteiger partial charge in [-0.3, -0.25) is 14.6 Å². The van der Waals surface area contributed by atoms with Crippen LogP contribution in [-0.2, 0) is 22.4 Å². The van der Waals surface area contributed by atoms with Gasteiger partial charge in [-0.05, 0) is 68.7 Å². The maximum Gasteiger partial charge on any atom is 0.305 e. The number of ether oxygens (including phenoxy) is 1. The van der Waals surface area contributed by atoms with Gasteiger partial charge in [0.1, 0.15) is 11.6 Å². The van der Waals surface area contributed by atoms with Crippen LogP contribution in [0.2, 0.25) is 0 Å². The van der Waals surface area contributed by atoms with E-state index in [1.165, 1.54) is 5.56 Å². The predicted octanol–water partition coefficient (Wildman–Crippen LogP) is 3.62. The lowest BCUT2D eigenvalue weighted by Crippen LogP contribution is -2.33. The molecular formula is C25H32N4O4. The number of anilines is 1. The number of aromatic nitrogens is 2. The molecular weight excluding hydrogens is 420 g/mol. The number of carbonyl (C=O) groups excluding carboxylic acids is 1. The summed E-state index contributed by atoms with van der Waals surface area (Å²) in [5.74, 6) is 0.593. The van der Waals surface area contributed by atoms with Gasteiger partial charge in [0.25, 0.3) is 0 Å². The number of aryl methyl sites for hydroxylation is 2. The topological polar surface area (TPSA) is 105 Å². The lowest BCUT2D eigenvalue weighted by Gasteiger charge is -2.27. The molecule has 0 saturated carbocycles. The van der Waals surface area contributed by atoms with E-state index in [9.17, 15) is 14.7 Å². The summed E-state index contributed by atoms with van der Waals surface area (Å²) >= 11 is 0. The summed E-state index contributed by atoms with van der Waals surface area (Å²) in [4.78, 5) is 35.4. The molecule has 1 saturated heterocycles. The fourth-order valence-corrected chi connectivity index (χ4v) is 4.81. The average molecular weight is 453 g/mol. The molecule has 0 radical (unpaired) electrons. The highest BCUT2D eigenvalue weighted by Crippen LogP contribution is 2.34. The van der Waals surface area contributed by atoms with Gasteiger partial charge in [-0.25, -0.2) is 4.98 Å². The predicted molar refractivity (Wildman–Crippen MR) is 124 cm³/mol. The largest absolute Gasteiger partial charge is 0.492 e. The van der Waals surface area contributed by atoms with Crippen LogP contribution in [0.4, 0.5) is 5.82 Å². The molecule has 8 heteroatoms. The normalized spacial score (nSPS) is 18.5. The number of likely N-dealkylation sites (tertiary alicyclic amines) is 1.